The van der Waals surface area contributed by atoms with Crippen molar-refractivity contribution >= 4 is 11.9 Å². The molecule has 1 aliphatic heterocycles. The van der Waals surface area contributed by atoms with Gasteiger partial charge in [0.15, 0.2) is 0 Å². The fraction of sp³-hybridized carbons (Fsp3) is 0.529. The first-order valence-electron chi connectivity index (χ1n) is 7.87. The number of aliphatic hydroxyl groups excluding tert-OH is 1. The lowest BCUT2D eigenvalue weighted by Crippen LogP contribution is -2.49. The van der Waals surface area contributed by atoms with E-state index in [4.69, 9.17) is 9.47 Å². The summed E-state index contributed by atoms with van der Waals surface area (Å²) < 4.78 is 10.5. The summed E-state index contributed by atoms with van der Waals surface area (Å²) in [6.07, 6.45) is -0.976. The van der Waals surface area contributed by atoms with Crippen LogP contribution in [0.3, 0.4) is 0 Å². The Morgan fingerprint density at radius 3 is 2.29 bits per heavy atom. The Morgan fingerprint density at radius 1 is 1.21 bits per heavy atom. The van der Waals surface area contributed by atoms with Crippen molar-refractivity contribution in [2.24, 2.45) is 5.92 Å². The van der Waals surface area contributed by atoms with Crippen LogP contribution in [0.25, 0.3) is 0 Å². The zero-order valence-corrected chi connectivity index (χ0v) is 14.4. The van der Waals surface area contributed by atoms with Gasteiger partial charge in [0.05, 0.1) is 13.7 Å². The third-order valence-electron chi connectivity index (χ3n) is 4.35. The SMILES string of the molecule is COc1ccc(OC[C@@H](O)CN2C(=O)N[C@](C)(C(C)C)C2=O)cc1. The monoisotopic (exact) mass is 336 g/mol. The van der Waals surface area contributed by atoms with Gasteiger partial charge in [-0.25, -0.2) is 4.79 Å². The van der Waals surface area contributed by atoms with Gasteiger partial charge in [-0.05, 0) is 37.1 Å². The predicted molar refractivity (Wildman–Crippen MR) is 88.0 cm³/mol. The molecule has 132 valence electrons. The third kappa shape index (κ3) is 3.62. The number of hydrogen-bond donors (Lipinski definition) is 2. The number of urea groups is 1. The lowest BCUT2D eigenvalue weighted by atomic mass is 9.88. The molecule has 0 radical (unpaired) electrons. The van der Waals surface area contributed by atoms with Crippen LogP contribution in [-0.4, -0.2) is 53.8 Å². The first kappa shape index (κ1) is 18.1. The highest BCUT2D eigenvalue weighted by Gasteiger charge is 2.49. The molecule has 7 nitrogen and oxygen atoms in total. The van der Waals surface area contributed by atoms with Crippen LogP contribution < -0.4 is 14.8 Å². The van der Waals surface area contributed by atoms with Crippen molar-refractivity contribution in [3.63, 3.8) is 0 Å². The molecule has 3 amide bonds. The lowest BCUT2D eigenvalue weighted by molar-refractivity contribution is -0.133. The summed E-state index contributed by atoms with van der Waals surface area (Å²) in [6, 6.07) is 6.43. The van der Waals surface area contributed by atoms with Gasteiger partial charge in [-0.1, -0.05) is 13.8 Å². The Kier molecular flexibility index (Phi) is 5.33. The molecule has 0 aliphatic carbocycles. The minimum atomic E-state index is -0.976. The largest absolute Gasteiger partial charge is 0.497 e. The second-order valence-corrected chi connectivity index (χ2v) is 6.34. The van der Waals surface area contributed by atoms with Crippen LogP contribution in [0.2, 0.25) is 0 Å². The summed E-state index contributed by atoms with van der Waals surface area (Å²) in [5, 5.41) is 12.8. The van der Waals surface area contributed by atoms with Gasteiger partial charge in [0.25, 0.3) is 5.91 Å². The van der Waals surface area contributed by atoms with Gasteiger partial charge < -0.3 is 19.9 Å². The zero-order valence-electron chi connectivity index (χ0n) is 14.4. The molecule has 1 aromatic rings. The van der Waals surface area contributed by atoms with Crippen molar-refractivity contribution in [3.8, 4) is 11.5 Å². The summed E-state index contributed by atoms with van der Waals surface area (Å²) in [5.74, 6) is 0.895. The summed E-state index contributed by atoms with van der Waals surface area (Å²) in [4.78, 5) is 25.5. The number of aliphatic hydroxyl groups is 1. The van der Waals surface area contributed by atoms with Crippen molar-refractivity contribution in [2.45, 2.75) is 32.4 Å². The maximum Gasteiger partial charge on any atom is 0.325 e. The van der Waals surface area contributed by atoms with Crippen LogP contribution in [0.1, 0.15) is 20.8 Å². The van der Waals surface area contributed by atoms with E-state index in [0.29, 0.717) is 11.5 Å². The molecule has 0 saturated carbocycles. The molecule has 2 rings (SSSR count). The fourth-order valence-corrected chi connectivity index (χ4v) is 2.40. The number of rotatable bonds is 7. The van der Waals surface area contributed by atoms with Crippen molar-refractivity contribution in [3.05, 3.63) is 24.3 Å². The van der Waals surface area contributed by atoms with Crippen LogP contribution in [0, 0.1) is 5.92 Å². The molecule has 0 spiro atoms. The molecule has 0 bridgehead atoms. The summed E-state index contributed by atoms with van der Waals surface area (Å²) in [5.41, 5.74) is -0.937. The molecule has 1 aliphatic rings. The highest BCUT2D eigenvalue weighted by molar-refractivity contribution is 6.06. The first-order valence-corrected chi connectivity index (χ1v) is 7.87. The molecular weight excluding hydrogens is 312 g/mol. The Hall–Kier alpha value is -2.28. The lowest BCUT2D eigenvalue weighted by Gasteiger charge is -2.26. The average Bonchev–Trinajstić information content (AvgIpc) is 2.78. The molecular formula is C17H24N2O5. The number of benzene rings is 1. The molecule has 1 fully saturated rings. The number of imide groups is 1. The number of hydrogen-bond acceptors (Lipinski definition) is 5. The summed E-state index contributed by atoms with van der Waals surface area (Å²) >= 11 is 0. The molecule has 0 unspecified atom stereocenters. The van der Waals surface area contributed by atoms with Gasteiger partial charge in [-0.2, -0.15) is 0 Å². The van der Waals surface area contributed by atoms with Crippen molar-refractivity contribution in [1.29, 1.82) is 0 Å². The van der Waals surface area contributed by atoms with Crippen molar-refractivity contribution in [2.75, 3.05) is 20.3 Å². The zero-order chi connectivity index (χ0) is 17.9. The standard InChI is InChI=1S/C17H24N2O5/c1-11(2)17(3)15(21)19(16(22)18-17)9-12(20)10-24-14-7-5-13(23-4)6-8-14/h5-8,11-12,20H,9-10H2,1-4H3,(H,18,22)/t12-,17+/m0/s1. The first-order chi connectivity index (χ1) is 11.3. The summed E-state index contributed by atoms with van der Waals surface area (Å²) in [7, 11) is 1.57. The summed E-state index contributed by atoms with van der Waals surface area (Å²) in [6.45, 7) is 5.29. The Bertz CT molecular complexity index is 602. The average molecular weight is 336 g/mol. The maximum absolute atomic E-state index is 12.4. The van der Waals surface area contributed by atoms with Crippen molar-refractivity contribution in [1.82, 2.24) is 10.2 Å². The third-order valence-corrected chi connectivity index (χ3v) is 4.35. The van der Waals surface area contributed by atoms with E-state index in [-0.39, 0.29) is 25.0 Å². The quantitative estimate of drug-likeness (QED) is 0.735. The van der Waals surface area contributed by atoms with E-state index < -0.39 is 17.7 Å². The molecule has 24 heavy (non-hydrogen) atoms. The Labute approximate surface area is 141 Å². The molecule has 1 heterocycles. The number of methoxy groups -OCH3 is 1. The Morgan fingerprint density at radius 2 is 1.79 bits per heavy atom. The van der Waals surface area contributed by atoms with Crippen LogP contribution in [0.4, 0.5) is 4.79 Å². The number of carbonyl (C=O) groups is 2. The second-order valence-electron chi connectivity index (χ2n) is 6.34. The minimum Gasteiger partial charge on any atom is -0.497 e. The van der Waals surface area contributed by atoms with E-state index in [9.17, 15) is 14.7 Å². The number of nitrogens with zero attached hydrogens (tertiary/aromatic N) is 1. The fourth-order valence-electron chi connectivity index (χ4n) is 2.40. The molecule has 7 heteroatoms. The van der Waals surface area contributed by atoms with E-state index in [2.05, 4.69) is 5.32 Å². The van der Waals surface area contributed by atoms with Crippen molar-refractivity contribution < 1.29 is 24.2 Å². The van der Waals surface area contributed by atoms with E-state index in [1.54, 1.807) is 38.3 Å². The van der Waals surface area contributed by atoms with Gasteiger partial charge in [0, 0.05) is 0 Å². The van der Waals surface area contributed by atoms with Gasteiger partial charge in [0.2, 0.25) is 0 Å². The van der Waals surface area contributed by atoms with E-state index in [0.717, 1.165) is 4.90 Å². The molecule has 1 saturated heterocycles. The number of β-amino-alcohol motifs (C(OH)–C–C–N with tert-alkyl or cyclic N) is 1. The second kappa shape index (κ2) is 7.09. The van der Waals surface area contributed by atoms with Gasteiger partial charge in [-0.15, -0.1) is 0 Å². The Balaban J connectivity index is 1.91. The molecule has 2 N–H and O–H groups in total. The van der Waals surface area contributed by atoms with E-state index in [1.807, 2.05) is 13.8 Å². The van der Waals surface area contributed by atoms with Crippen LogP contribution in [-0.2, 0) is 4.79 Å². The highest BCUT2D eigenvalue weighted by Crippen LogP contribution is 2.25. The number of amides is 3. The van der Waals surface area contributed by atoms with Gasteiger partial charge in [-0.3, -0.25) is 9.69 Å². The smallest absolute Gasteiger partial charge is 0.325 e. The minimum absolute atomic E-state index is 0.0260. The molecule has 1 aromatic carbocycles. The van der Waals surface area contributed by atoms with Gasteiger partial charge >= 0.3 is 6.03 Å². The maximum atomic E-state index is 12.4. The normalized spacial score (nSPS) is 21.8. The molecule has 2 atom stereocenters. The topological polar surface area (TPSA) is 88.1 Å². The van der Waals surface area contributed by atoms with E-state index in [1.165, 1.54) is 0 Å². The van der Waals surface area contributed by atoms with Crippen LogP contribution in [0.15, 0.2) is 24.3 Å². The number of ether oxygens (including phenoxy) is 2. The van der Waals surface area contributed by atoms with Crippen LogP contribution in [0.5, 0.6) is 11.5 Å². The number of nitrogens with one attached hydrogen (secondary N) is 1. The van der Waals surface area contributed by atoms with Gasteiger partial charge in [0.1, 0.15) is 29.7 Å². The molecule has 0 aromatic heterocycles. The highest BCUT2D eigenvalue weighted by atomic mass is 16.5. The number of carbonyl (C=O) groups excluding carboxylic acids is 2. The predicted octanol–water partition coefficient (Wildman–Crippen LogP) is 1.40. The van der Waals surface area contributed by atoms with E-state index >= 15 is 0 Å². The van der Waals surface area contributed by atoms with Crippen LogP contribution >= 0.6 is 0 Å².